The zero-order valence-electron chi connectivity index (χ0n) is 9.18. The molecule has 0 saturated heterocycles. The lowest BCUT2D eigenvalue weighted by atomic mass is 10.3. The third kappa shape index (κ3) is 1.71. The highest BCUT2D eigenvalue weighted by Crippen LogP contribution is 2.27. The molecule has 84 valence electrons. The van der Waals surface area contributed by atoms with Gasteiger partial charge in [0.15, 0.2) is 5.69 Å². The predicted molar refractivity (Wildman–Crippen MR) is 60.7 cm³/mol. The number of nitrogens with zero attached hydrogens (tertiary/aromatic N) is 3. The van der Waals surface area contributed by atoms with E-state index in [9.17, 15) is 4.79 Å². The summed E-state index contributed by atoms with van der Waals surface area (Å²) in [5, 5.41) is 13.8. The Bertz CT molecular complexity index is 556. The fraction of sp³-hybridized carbons (Fsp3) is 0.300. The molecule has 16 heavy (non-hydrogen) atoms. The van der Waals surface area contributed by atoms with Gasteiger partial charge in [0, 0.05) is 11.9 Å². The van der Waals surface area contributed by atoms with Crippen LogP contribution < -0.4 is 0 Å². The zero-order chi connectivity index (χ0) is 11.9. The van der Waals surface area contributed by atoms with Crippen LogP contribution in [0.1, 0.15) is 21.1 Å². The van der Waals surface area contributed by atoms with Crippen molar-refractivity contribution in [3.05, 3.63) is 22.3 Å². The number of carbonyl (C=O) groups is 1. The van der Waals surface area contributed by atoms with Crippen LogP contribution in [-0.2, 0) is 7.05 Å². The van der Waals surface area contributed by atoms with E-state index in [2.05, 4.69) is 10.1 Å². The highest BCUT2D eigenvalue weighted by atomic mass is 32.1. The van der Waals surface area contributed by atoms with Crippen molar-refractivity contribution in [1.29, 1.82) is 0 Å². The molecule has 0 amide bonds. The first-order valence-corrected chi connectivity index (χ1v) is 5.52. The molecule has 2 rings (SSSR count). The first kappa shape index (κ1) is 10.8. The molecule has 0 aliphatic carbocycles. The number of hydrogen-bond donors (Lipinski definition) is 1. The topological polar surface area (TPSA) is 68.0 Å². The van der Waals surface area contributed by atoms with E-state index in [1.165, 1.54) is 11.3 Å². The van der Waals surface area contributed by atoms with Gasteiger partial charge < -0.3 is 5.11 Å². The fourth-order valence-electron chi connectivity index (χ4n) is 1.52. The van der Waals surface area contributed by atoms with Gasteiger partial charge >= 0.3 is 5.97 Å². The van der Waals surface area contributed by atoms with E-state index in [1.54, 1.807) is 11.6 Å². The van der Waals surface area contributed by atoms with Gasteiger partial charge in [-0.05, 0) is 19.9 Å². The van der Waals surface area contributed by atoms with Gasteiger partial charge in [0.1, 0.15) is 5.01 Å². The van der Waals surface area contributed by atoms with E-state index in [-0.39, 0.29) is 5.69 Å². The Kier molecular flexibility index (Phi) is 2.51. The molecule has 0 spiro atoms. The van der Waals surface area contributed by atoms with E-state index in [1.807, 2.05) is 20.0 Å². The van der Waals surface area contributed by atoms with Crippen molar-refractivity contribution in [1.82, 2.24) is 14.8 Å². The number of aromatic nitrogens is 3. The van der Waals surface area contributed by atoms with Crippen molar-refractivity contribution < 1.29 is 9.90 Å². The number of aryl methyl sites for hydroxylation is 3. The van der Waals surface area contributed by atoms with E-state index < -0.39 is 5.97 Å². The Labute approximate surface area is 96.4 Å². The minimum Gasteiger partial charge on any atom is -0.476 e. The third-order valence-electron chi connectivity index (χ3n) is 2.22. The van der Waals surface area contributed by atoms with Gasteiger partial charge in [-0.1, -0.05) is 0 Å². The van der Waals surface area contributed by atoms with Crippen molar-refractivity contribution in [3.8, 4) is 10.7 Å². The van der Waals surface area contributed by atoms with Gasteiger partial charge in [0.25, 0.3) is 0 Å². The normalized spacial score (nSPS) is 10.7. The van der Waals surface area contributed by atoms with Crippen molar-refractivity contribution in [2.75, 3.05) is 0 Å². The second kappa shape index (κ2) is 3.71. The van der Waals surface area contributed by atoms with Crippen molar-refractivity contribution in [2.24, 2.45) is 7.05 Å². The van der Waals surface area contributed by atoms with E-state index >= 15 is 0 Å². The lowest BCUT2D eigenvalue weighted by molar-refractivity contribution is 0.0690. The van der Waals surface area contributed by atoms with Crippen LogP contribution in [0.15, 0.2) is 6.07 Å². The Morgan fingerprint density at radius 2 is 2.19 bits per heavy atom. The van der Waals surface area contributed by atoms with Gasteiger partial charge in [-0.3, -0.25) is 4.68 Å². The highest BCUT2D eigenvalue weighted by Gasteiger charge is 2.17. The van der Waals surface area contributed by atoms with Gasteiger partial charge in [-0.2, -0.15) is 5.10 Å². The first-order valence-electron chi connectivity index (χ1n) is 4.70. The van der Waals surface area contributed by atoms with Crippen LogP contribution >= 0.6 is 11.3 Å². The molecule has 0 bridgehead atoms. The lowest BCUT2D eigenvalue weighted by Gasteiger charge is -1.94. The van der Waals surface area contributed by atoms with Crippen LogP contribution in [0.4, 0.5) is 0 Å². The summed E-state index contributed by atoms with van der Waals surface area (Å²) in [6, 6.07) is 1.89. The molecule has 0 saturated carbocycles. The molecular formula is C10H11N3O2S. The average molecular weight is 237 g/mol. The number of thiazole rings is 1. The van der Waals surface area contributed by atoms with E-state index in [0.717, 1.165) is 11.4 Å². The summed E-state index contributed by atoms with van der Waals surface area (Å²) in [6.45, 7) is 3.65. The summed E-state index contributed by atoms with van der Waals surface area (Å²) in [5.41, 5.74) is 1.86. The molecule has 2 aromatic heterocycles. The van der Waals surface area contributed by atoms with Crippen LogP contribution in [0.25, 0.3) is 10.7 Å². The Hall–Kier alpha value is -1.69. The molecule has 2 aromatic rings. The molecule has 5 nitrogen and oxygen atoms in total. The summed E-state index contributed by atoms with van der Waals surface area (Å²) in [5.74, 6) is -0.987. The van der Waals surface area contributed by atoms with Gasteiger partial charge in [-0.15, -0.1) is 11.3 Å². The van der Waals surface area contributed by atoms with Gasteiger partial charge in [0.05, 0.1) is 11.4 Å². The minimum absolute atomic E-state index is 0.124. The molecule has 0 aliphatic heterocycles. The van der Waals surface area contributed by atoms with E-state index in [4.69, 9.17) is 5.11 Å². The highest BCUT2D eigenvalue weighted by molar-refractivity contribution is 7.15. The maximum atomic E-state index is 10.9. The largest absolute Gasteiger partial charge is 0.476 e. The van der Waals surface area contributed by atoms with E-state index in [0.29, 0.717) is 9.88 Å². The van der Waals surface area contributed by atoms with Crippen LogP contribution in [0, 0.1) is 13.8 Å². The molecule has 2 heterocycles. The summed E-state index contributed by atoms with van der Waals surface area (Å²) < 4.78 is 1.71. The first-order chi connectivity index (χ1) is 7.49. The fourth-order valence-corrected chi connectivity index (χ4v) is 2.47. The smallest absolute Gasteiger partial charge is 0.355 e. The summed E-state index contributed by atoms with van der Waals surface area (Å²) in [7, 11) is 1.82. The zero-order valence-corrected chi connectivity index (χ0v) is 10.00. The molecular weight excluding hydrogens is 226 g/mol. The molecule has 0 aromatic carbocycles. The molecule has 6 heteroatoms. The summed E-state index contributed by atoms with van der Waals surface area (Å²) >= 11 is 1.37. The van der Waals surface area contributed by atoms with Crippen molar-refractivity contribution in [2.45, 2.75) is 13.8 Å². The number of carboxylic acids is 1. The molecule has 0 unspecified atom stereocenters. The Morgan fingerprint density at radius 3 is 2.62 bits per heavy atom. The second-order valence-corrected chi connectivity index (χ2v) is 4.73. The molecule has 1 N–H and O–H groups in total. The van der Waals surface area contributed by atoms with Gasteiger partial charge in [0.2, 0.25) is 0 Å². The summed E-state index contributed by atoms with van der Waals surface area (Å²) in [4.78, 5) is 15.7. The SMILES string of the molecule is Cc1cc(-c2nc(C(=O)O)c(C)s2)n(C)n1. The number of hydrogen-bond acceptors (Lipinski definition) is 4. The number of rotatable bonds is 2. The van der Waals surface area contributed by atoms with Crippen LogP contribution in [0.2, 0.25) is 0 Å². The second-order valence-electron chi connectivity index (χ2n) is 3.52. The van der Waals surface area contributed by atoms with Crippen LogP contribution in [-0.4, -0.2) is 25.8 Å². The van der Waals surface area contributed by atoms with Crippen molar-refractivity contribution in [3.63, 3.8) is 0 Å². The number of aromatic carboxylic acids is 1. The monoisotopic (exact) mass is 237 g/mol. The number of carboxylic acid groups (broad SMARTS) is 1. The Balaban J connectivity index is 2.53. The molecule has 0 fully saturated rings. The van der Waals surface area contributed by atoms with Crippen molar-refractivity contribution >= 4 is 17.3 Å². The lowest BCUT2D eigenvalue weighted by Crippen LogP contribution is -1.99. The predicted octanol–water partition coefficient (Wildman–Crippen LogP) is 1.86. The molecule has 0 radical (unpaired) electrons. The van der Waals surface area contributed by atoms with Gasteiger partial charge in [-0.25, -0.2) is 9.78 Å². The summed E-state index contributed by atoms with van der Waals surface area (Å²) in [6.07, 6.45) is 0. The average Bonchev–Trinajstić information content (AvgIpc) is 2.69. The van der Waals surface area contributed by atoms with Crippen LogP contribution in [0.5, 0.6) is 0 Å². The maximum absolute atomic E-state index is 10.9. The standard InChI is InChI=1S/C10H11N3O2S/c1-5-4-7(13(3)12-5)9-11-8(10(14)15)6(2)16-9/h4H,1-3H3,(H,14,15). The quantitative estimate of drug-likeness (QED) is 0.865. The minimum atomic E-state index is -0.987. The van der Waals surface area contributed by atoms with Crippen LogP contribution in [0.3, 0.4) is 0 Å². The maximum Gasteiger partial charge on any atom is 0.355 e. The Morgan fingerprint density at radius 1 is 1.50 bits per heavy atom. The third-order valence-corrected chi connectivity index (χ3v) is 3.21. The molecule has 0 aliphatic rings. The molecule has 0 atom stereocenters.